The van der Waals surface area contributed by atoms with Crippen molar-refractivity contribution in [2.75, 3.05) is 6.54 Å². The van der Waals surface area contributed by atoms with Crippen LogP contribution >= 0.6 is 0 Å². The van der Waals surface area contributed by atoms with E-state index in [1.165, 1.54) is 18.2 Å². The summed E-state index contributed by atoms with van der Waals surface area (Å²) in [4.78, 5) is 21.6. The van der Waals surface area contributed by atoms with E-state index in [1.807, 2.05) is 42.7 Å². The molecule has 7 heteroatoms. The van der Waals surface area contributed by atoms with E-state index in [0.29, 0.717) is 12.1 Å². The van der Waals surface area contributed by atoms with Gasteiger partial charge in [-0.15, -0.1) is 0 Å². The number of benzene rings is 2. The van der Waals surface area contributed by atoms with Crippen molar-refractivity contribution >= 4 is 29.1 Å². The molecule has 2 N–H and O–H groups in total. The first-order valence-corrected chi connectivity index (χ1v) is 8.83. The fourth-order valence-corrected chi connectivity index (χ4v) is 3.55. The number of para-hydroxylation sites is 1. The Morgan fingerprint density at radius 3 is 2.61 bits per heavy atom. The molecule has 28 heavy (non-hydrogen) atoms. The van der Waals surface area contributed by atoms with Crippen LogP contribution in [0.1, 0.15) is 31.4 Å². The average molecular weight is 381 g/mol. The molecule has 0 amide bonds. The highest BCUT2D eigenvalue weighted by Crippen LogP contribution is 2.40. The quantitative estimate of drug-likeness (QED) is 0.449. The van der Waals surface area contributed by atoms with Gasteiger partial charge in [0.15, 0.2) is 12.3 Å². The first-order valence-electron chi connectivity index (χ1n) is 8.83. The second-order valence-corrected chi connectivity index (χ2v) is 7.16. The van der Waals surface area contributed by atoms with Gasteiger partial charge in [0.25, 0.3) is 5.69 Å². The lowest BCUT2D eigenvalue weighted by atomic mass is 9.81. The van der Waals surface area contributed by atoms with Gasteiger partial charge in [-0.2, -0.15) is 4.58 Å². The first kappa shape index (κ1) is 19.3. The maximum Gasteiger partial charge on any atom is 0.309 e. The van der Waals surface area contributed by atoms with E-state index in [1.54, 1.807) is 12.2 Å². The molecule has 0 aliphatic carbocycles. The summed E-state index contributed by atoms with van der Waals surface area (Å²) in [5.74, 6) is -0.949. The molecule has 1 aliphatic rings. The lowest BCUT2D eigenvalue weighted by Crippen LogP contribution is -2.28. The van der Waals surface area contributed by atoms with Gasteiger partial charge in [0.1, 0.15) is 12.2 Å². The number of phenols is 1. The zero-order chi connectivity index (χ0) is 20.5. The third kappa shape index (κ3) is 3.51. The summed E-state index contributed by atoms with van der Waals surface area (Å²) < 4.78 is 1.95. The van der Waals surface area contributed by atoms with Crippen LogP contribution in [0.5, 0.6) is 5.75 Å². The van der Waals surface area contributed by atoms with E-state index in [0.717, 1.165) is 17.0 Å². The Labute approximate surface area is 162 Å². The summed E-state index contributed by atoms with van der Waals surface area (Å²) in [6.07, 6.45) is 3.39. The van der Waals surface area contributed by atoms with E-state index in [4.69, 9.17) is 5.11 Å². The van der Waals surface area contributed by atoms with E-state index < -0.39 is 10.9 Å². The van der Waals surface area contributed by atoms with Crippen LogP contribution in [0.3, 0.4) is 0 Å². The van der Waals surface area contributed by atoms with E-state index in [9.17, 15) is 20.0 Å². The number of hydrogen-bond acceptors (Lipinski definition) is 4. The van der Waals surface area contributed by atoms with Gasteiger partial charge in [0.05, 0.1) is 10.3 Å². The molecular formula is C21H21N2O5+. The smallest absolute Gasteiger partial charge is 0.309 e. The Morgan fingerprint density at radius 1 is 1.21 bits per heavy atom. The molecule has 1 heterocycles. The number of nitro benzene ring substituents is 1. The van der Waals surface area contributed by atoms with Crippen LogP contribution in [0, 0.1) is 10.1 Å². The lowest BCUT2D eigenvalue weighted by molar-refractivity contribution is -0.436. The predicted octanol–water partition coefficient (Wildman–Crippen LogP) is 3.86. The normalized spacial score (nSPS) is 15.1. The second-order valence-electron chi connectivity index (χ2n) is 7.16. The molecule has 0 atom stereocenters. The number of nitrogens with zero attached hydrogens (tertiary/aromatic N) is 2. The van der Waals surface area contributed by atoms with Gasteiger partial charge < -0.3 is 10.2 Å². The van der Waals surface area contributed by atoms with E-state index >= 15 is 0 Å². The van der Waals surface area contributed by atoms with Gasteiger partial charge in [0, 0.05) is 35.4 Å². The van der Waals surface area contributed by atoms with Crippen molar-refractivity contribution in [1.29, 1.82) is 0 Å². The van der Waals surface area contributed by atoms with Crippen molar-refractivity contribution in [2.45, 2.75) is 25.7 Å². The SMILES string of the molecule is CC1(C)C(C=Cc2cc([N+](=O)[O-])ccc2O)=[N+](CCC(=O)O)c2ccccc21. The number of phenolic OH excluding ortho intramolecular Hbond substituents is 1. The zero-order valence-corrected chi connectivity index (χ0v) is 15.6. The van der Waals surface area contributed by atoms with Crippen LogP contribution in [-0.4, -0.2) is 37.9 Å². The number of aliphatic carboxylic acids is 1. The second kappa shape index (κ2) is 7.26. The minimum atomic E-state index is -0.887. The van der Waals surface area contributed by atoms with Crippen LogP contribution in [0.15, 0.2) is 48.5 Å². The number of hydrogen-bond donors (Lipinski definition) is 2. The Morgan fingerprint density at radius 2 is 1.93 bits per heavy atom. The average Bonchev–Trinajstić information content (AvgIpc) is 2.86. The van der Waals surface area contributed by atoms with Gasteiger partial charge >= 0.3 is 5.97 Å². The number of non-ortho nitro benzene ring substituents is 1. The van der Waals surface area contributed by atoms with Gasteiger partial charge in [-0.3, -0.25) is 14.9 Å². The molecule has 0 bridgehead atoms. The lowest BCUT2D eigenvalue weighted by Gasteiger charge is -2.15. The molecular weight excluding hydrogens is 360 g/mol. The minimum Gasteiger partial charge on any atom is -0.507 e. The first-order chi connectivity index (χ1) is 13.2. The van der Waals surface area contributed by atoms with Crippen molar-refractivity contribution in [3.8, 4) is 5.75 Å². The standard InChI is InChI=1S/C21H20N2O5/c1-21(2)16-5-3-4-6-17(16)22(12-11-20(25)26)19(21)10-7-14-13-15(23(27)28)8-9-18(14)24/h3-10,13H,11-12H2,1-2H3,(H,25,26)/p+1. The molecule has 3 rings (SSSR count). The molecule has 0 spiro atoms. The summed E-state index contributed by atoms with van der Waals surface area (Å²) in [5.41, 5.74) is 2.70. The molecule has 0 fully saturated rings. The Hall–Kier alpha value is -3.48. The summed E-state index contributed by atoms with van der Waals surface area (Å²) in [5, 5.41) is 30.2. The molecule has 0 radical (unpaired) electrons. The van der Waals surface area contributed by atoms with Crippen molar-refractivity contribution in [1.82, 2.24) is 0 Å². The topological polar surface area (TPSA) is 104 Å². The van der Waals surface area contributed by atoms with Crippen LogP contribution in [0.4, 0.5) is 11.4 Å². The van der Waals surface area contributed by atoms with Crippen LogP contribution in [-0.2, 0) is 10.2 Å². The number of carboxylic acid groups (broad SMARTS) is 1. The highest BCUT2D eigenvalue weighted by atomic mass is 16.6. The number of carbonyl (C=O) groups is 1. The molecule has 2 aromatic carbocycles. The Kier molecular flexibility index (Phi) is 5.00. The van der Waals surface area contributed by atoms with Crippen LogP contribution < -0.4 is 0 Å². The fraction of sp³-hybridized carbons (Fsp3) is 0.238. The summed E-state index contributed by atoms with van der Waals surface area (Å²) in [6.45, 7) is 4.38. The monoisotopic (exact) mass is 381 g/mol. The van der Waals surface area contributed by atoms with Gasteiger partial charge in [0.2, 0.25) is 5.69 Å². The number of aromatic hydroxyl groups is 1. The molecule has 0 unspecified atom stereocenters. The summed E-state index contributed by atoms with van der Waals surface area (Å²) in [6, 6.07) is 11.6. The Bertz CT molecular complexity index is 1020. The zero-order valence-electron chi connectivity index (χ0n) is 15.6. The Balaban J connectivity index is 2.08. The third-order valence-electron chi connectivity index (χ3n) is 4.99. The summed E-state index contributed by atoms with van der Waals surface area (Å²) >= 11 is 0. The van der Waals surface area contributed by atoms with E-state index in [2.05, 4.69) is 0 Å². The van der Waals surface area contributed by atoms with Crippen LogP contribution in [0.25, 0.3) is 6.08 Å². The molecule has 144 valence electrons. The molecule has 2 aromatic rings. The van der Waals surface area contributed by atoms with Crippen LogP contribution in [0.2, 0.25) is 0 Å². The summed E-state index contributed by atoms with van der Waals surface area (Å²) in [7, 11) is 0. The molecule has 0 aromatic heterocycles. The third-order valence-corrected chi connectivity index (χ3v) is 4.99. The highest BCUT2D eigenvalue weighted by molar-refractivity contribution is 6.05. The molecule has 7 nitrogen and oxygen atoms in total. The number of fused-ring (bicyclic) bond motifs is 1. The van der Waals surface area contributed by atoms with Crippen molar-refractivity contribution in [3.63, 3.8) is 0 Å². The van der Waals surface area contributed by atoms with E-state index in [-0.39, 0.29) is 23.3 Å². The number of carboxylic acids is 1. The largest absolute Gasteiger partial charge is 0.507 e. The van der Waals surface area contributed by atoms with Crippen molar-refractivity contribution < 1.29 is 24.5 Å². The van der Waals surface area contributed by atoms with Crippen molar-refractivity contribution in [3.05, 3.63) is 69.8 Å². The minimum absolute atomic E-state index is 0.0240. The fourth-order valence-electron chi connectivity index (χ4n) is 3.55. The number of allylic oxidation sites excluding steroid dienone is 1. The number of nitro groups is 1. The molecule has 0 saturated heterocycles. The maximum absolute atomic E-state index is 11.1. The van der Waals surface area contributed by atoms with Gasteiger partial charge in [-0.05, 0) is 26.0 Å². The molecule has 0 saturated carbocycles. The van der Waals surface area contributed by atoms with Gasteiger partial charge in [-0.1, -0.05) is 18.2 Å². The highest BCUT2D eigenvalue weighted by Gasteiger charge is 2.44. The maximum atomic E-state index is 11.1. The van der Waals surface area contributed by atoms with Crippen molar-refractivity contribution in [2.24, 2.45) is 0 Å². The molecule has 1 aliphatic heterocycles. The van der Waals surface area contributed by atoms with Gasteiger partial charge in [-0.25, -0.2) is 0 Å². The number of rotatable bonds is 6. The predicted molar refractivity (Wildman–Crippen MR) is 105 cm³/mol.